The molecule has 2 unspecified atom stereocenters. The zero-order valence-corrected chi connectivity index (χ0v) is 10.3. The molecule has 0 amide bonds. The molecule has 76 valence electrons. The fourth-order valence-corrected chi connectivity index (χ4v) is 1.31. The van der Waals surface area contributed by atoms with E-state index in [1.54, 1.807) is 28.7 Å². The molecule has 0 spiro atoms. The molecular formula is C9H16O3Te. The fourth-order valence-electron chi connectivity index (χ4n) is 0.977. The van der Waals surface area contributed by atoms with Gasteiger partial charge in [-0.1, -0.05) is 0 Å². The van der Waals surface area contributed by atoms with Crippen LogP contribution in [0.4, 0.5) is 0 Å². The van der Waals surface area contributed by atoms with Crippen LogP contribution in [-0.4, -0.2) is 41.7 Å². The van der Waals surface area contributed by atoms with Crippen molar-refractivity contribution < 1.29 is 15.0 Å². The summed E-state index contributed by atoms with van der Waals surface area (Å²) >= 11 is 1.62. The summed E-state index contributed by atoms with van der Waals surface area (Å²) in [7, 11) is 0. The predicted octanol–water partition coefficient (Wildman–Crippen LogP) is 1.18. The molecule has 13 heavy (non-hydrogen) atoms. The number of carbonyl (C=O) groups is 1. The van der Waals surface area contributed by atoms with Crippen LogP contribution in [0.5, 0.6) is 0 Å². The zero-order chi connectivity index (χ0) is 10.4. The molecule has 0 aromatic carbocycles. The van der Waals surface area contributed by atoms with E-state index >= 15 is 0 Å². The molecule has 0 heterocycles. The minimum atomic E-state index is -0.738. The molecule has 0 aliphatic rings. The van der Waals surface area contributed by atoms with E-state index < -0.39 is 5.97 Å². The number of aliphatic hydroxyl groups excluding tert-OH is 1. The van der Waals surface area contributed by atoms with Gasteiger partial charge in [0.05, 0.1) is 0 Å². The standard InChI is InChI=1S/C9H16O3Te/c1-6(8(10)11)4-3-5-7(2)9(12)13/h6-7H,3-5H2,1-2H3,(H,10,11)(H,12,13). The van der Waals surface area contributed by atoms with Crippen molar-refractivity contribution in [1.29, 1.82) is 0 Å². The van der Waals surface area contributed by atoms with E-state index in [9.17, 15) is 4.79 Å². The van der Waals surface area contributed by atoms with Crippen molar-refractivity contribution >= 4 is 31.5 Å². The van der Waals surface area contributed by atoms with Crippen molar-refractivity contribution in [3.8, 4) is 0 Å². The van der Waals surface area contributed by atoms with Gasteiger partial charge in [0.15, 0.2) is 0 Å². The number of rotatable bonds is 6. The molecule has 2 atom stereocenters. The Morgan fingerprint density at radius 2 is 1.69 bits per heavy atom. The van der Waals surface area contributed by atoms with Crippen LogP contribution < -0.4 is 0 Å². The number of hydrogen-bond acceptors (Lipinski definition) is 2. The summed E-state index contributed by atoms with van der Waals surface area (Å²) < 4.78 is 0.443. The average Bonchev–Trinajstić information content (AvgIpc) is 2.03. The van der Waals surface area contributed by atoms with Crippen LogP contribution in [0, 0.1) is 11.8 Å². The topological polar surface area (TPSA) is 57.5 Å². The first-order valence-corrected chi connectivity index (χ1v) is 5.57. The Bertz CT molecular complexity index is 171. The third-order valence-electron chi connectivity index (χ3n) is 2.12. The average molecular weight is 300 g/mol. The van der Waals surface area contributed by atoms with Crippen molar-refractivity contribution in [2.45, 2.75) is 33.1 Å². The van der Waals surface area contributed by atoms with Gasteiger partial charge in [0.25, 0.3) is 0 Å². The van der Waals surface area contributed by atoms with E-state index in [0.717, 1.165) is 12.8 Å². The summed E-state index contributed by atoms with van der Waals surface area (Å²) in [6.45, 7) is 3.66. The molecule has 0 fully saturated rings. The van der Waals surface area contributed by atoms with Gasteiger partial charge < -0.3 is 0 Å². The van der Waals surface area contributed by atoms with Gasteiger partial charge in [0.2, 0.25) is 0 Å². The Kier molecular flexibility index (Phi) is 6.36. The first kappa shape index (κ1) is 12.9. The van der Waals surface area contributed by atoms with Crippen molar-refractivity contribution in [2.75, 3.05) is 0 Å². The van der Waals surface area contributed by atoms with Crippen molar-refractivity contribution in [3.05, 3.63) is 0 Å². The van der Waals surface area contributed by atoms with E-state index in [1.807, 2.05) is 6.92 Å². The van der Waals surface area contributed by atoms with Gasteiger partial charge in [-0.3, -0.25) is 0 Å². The Morgan fingerprint density at radius 1 is 1.23 bits per heavy atom. The van der Waals surface area contributed by atoms with Crippen LogP contribution in [0.3, 0.4) is 0 Å². The maximum absolute atomic E-state index is 10.5. The third-order valence-corrected chi connectivity index (χ3v) is 3.27. The molecule has 0 aliphatic carbocycles. The second kappa shape index (κ2) is 6.39. The Hall–Kier alpha value is -0.0704. The van der Waals surface area contributed by atoms with Crippen LogP contribution in [0.25, 0.3) is 0 Å². The van der Waals surface area contributed by atoms with Crippen molar-refractivity contribution in [3.63, 3.8) is 0 Å². The van der Waals surface area contributed by atoms with E-state index in [1.165, 1.54) is 0 Å². The summed E-state index contributed by atoms with van der Waals surface area (Å²) in [4.78, 5) is 10.5. The van der Waals surface area contributed by atoms with E-state index in [-0.39, 0.29) is 11.8 Å². The predicted molar refractivity (Wildman–Crippen MR) is 52.5 cm³/mol. The number of carboxylic acids is 1. The minimum absolute atomic E-state index is 0.186. The van der Waals surface area contributed by atoms with Gasteiger partial charge >= 0.3 is 91.5 Å². The quantitative estimate of drug-likeness (QED) is 0.724. The first-order chi connectivity index (χ1) is 5.95. The van der Waals surface area contributed by atoms with Crippen LogP contribution in [0.2, 0.25) is 0 Å². The number of aliphatic hydroxyl groups is 1. The van der Waals surface area contributed by atoms with Gasteiger partial charge in [-0.25, -0.2) is 0 Å². The number of hydrogen-bond donors (Lipinski definition) is 2. The second-order valence-electron chi connectivity index (χ2n) is 3.41. The molecule has 2 N–H and O–H groups in total. The van der Waals surface area contributed by atoms with Crippen molar-refractivity contribution in [2.24, 2.45) is 11.8 Å². The third kappa shape index (κ3) is 6.06. The summed E-state index contributed by atoms with van der Waals surface area (Å²) in [5.74, 6) is -0.823. The van der Waals surface area contributed by atoms with Crippen molar-refractivity contribution in [1.82, 2.24) is 0 Å². The van der Waals surface area contributed by atoms with Gasteiger partial charge in [-0.2, -0.15) is 0 Å². The van der Waals surface area contributed by atoms with Gasteiger partial charge in [-0.15, -0.1) is 0 Å². The summed E-state index contributed by atoms with van der Waals surface area (Å²) in [5, 5.41) is 17.7. The molecule has 0 bridgehead atoms. The van der Waals surface area contributed by atoms with Crippen LogP contribution in [0.1, 0.15) is 33.1 Å². The molecule has 0 aliphatic heterocycles. The monoisotopic (exact) mass is 302 g/mol. The molecule has 0 rings (SSSR count). The Morgan fingerprint density at radius 3 is 2.08 bits per heavy atom. The maximum atomic E-state index is 10.5. The Labute approximate surface area is 91.5 Å². The van der Waals surface area contributed by atoms with Gasteiger partial charge in [-0.05, 0) is 0 Å². The molecular weight excluding hydrogens is 284 g/mol. The Balaban J connectivity index is 3.56. The van der Waals surface area contributed by atoms with Gasteiger partial charge in [0, 0.05) is 0 Å². The SMILES string of the molecule is CC(CCCC(C)C(O)=[Te])C(=O)O. The molecule has 3 nitrogen and oxygen atoms in total. The normalized spacial score (nSPS) is 14.9. The molecule has 0 saturated carbocycles. The van der Waals surface area contributed by atoms with Crippen LogP contribution in [-0.2, 0) is 4.79 Å². The van der Waals surface area contributed by atoms with Gasteiger partial charge in [0.1, 0.15) is 0 Å². The van der Waals surface area contributed by atoms with Crippen LogP contribution >= 0.6 is 0 Å². The summed E-state index contributed by atoms with van der Waals surface area (Å²) in [6, 6.07) is 0. The fraction of sp³-hybridized carbons (Fsp3) is 0.778. The van der Waals surface area contributed by atoms with E-state index in [0.29, 0.717) is 10.2 Å². The van der Waals surface area contributed by atoms with E-state index in [2.05, 4.69) is 0 Å². The summed E-state index contributed by atoms with van der Waals surface area (Å²) in [6.07, 6.45) is 2.41. The molecule has 0 saturated heterocycles. The number of carboxylic acid groups (broad SMARTS) is 1. The summed E-state index contributed by atoms with van der Waals surface area (Å²) in [5.41, 5.74) is 0. The van der Waals surface area contributed by atoms with Crippen LogP contribution in [0.15, 0.2) is 0 Å². The molecule has 0 radical (unpaired) electrons. The second-order valence-corrected chi connectivity index (χ2v) is 4.60. The molecule has 0 aromatic rings. The van der Waals surface area contributed by atoms with E-state index in [4.69, 9.17) is 10.2 Å². The number of aliphatic carboxylic acids is 1. The molecule has 0 aromatic heterocycles. The first-order valence-electron chi connectivity index (χ1n) is 4.40. The molecule has 4 heteroatoms. The zero-order valence-electron chi connectivity index (χ0n) is 7.99.